The topological polar surface area (TPSA) is 29.3 Å². The molecule has 0 saturated heterocycles. The molecular weight excluding hydrogens is 184 g/mol. The van der Waals surface area contributed by atoms with E-state index in [1.54, 1.807) is 0 Å². The Morgan fingerprint density at radius 1 is 1.33 bits per heavy atom. The Morgan fingerprint density at radius 2 is 2.00 bits per heavy atom. The fraction of sp³-hybridized carbons (Fsp3) is 0.538. The van der Waals surface area contributed by atoms with Gasteiger partial charge in [0, 0.05) is 24.8 Å². The van der Waals surface area contributed by atoms with Crippen molar-refractivity contribution in [3.8, 4) is 0 Å². The second-order valence-corrected chi connectivity index (χ2v) is 4.19. The molecule has 0 unspecified atom stereocenters. The normalized spacial score (nSPS) is 10.8. The van der Waals surface area contributed by atoms with Crippen LogP contribution in [-0.4, -0.2) is 12.6 Å². The average molecular weight is 206 g/mol. The van der Waals surface area contributed by atoms with Gasteiger partial charge in [-0.3, -0.25) is 0 Å². The molecule has 0 amide bonds. The van der Waals surface area contributed by atoms with Gasteiger partial charge in [-0.05, 0) is 51.0 Å². The van der Waals surface area contributed by atoms with Crippen molar-refractivity contribution in [1.29, 1.82) is 0 Å². The highest BCUT2D eigenvalue weighted by Gasteiger charge is 2.08. The number of anilines is 1. The molecule has 0 aliphatic rings. The summed E-state index contributed by atoms with van der Waals surface area (Å²) >= 11 is 0. The van der Waals surface area contributed by atoms with E-state index >= 15 is 0 Å². The summed E-state index contributed by atoms with van der Waals surface area (Å²) < 4.78 is 0. The van der Waals surface area contributed by atoms with Gasteiger partial charge >= 0.3 is 0 Å². The third-order valence-corrected chi connectivity index (χ3v) is 2.84. The van der Waals surface area contributed by atoms with Gasteiger partial charge in [0.1, 0.15) is 0 Å². The van der Waals surface area contributed by atoms with E-state index in [1.807, 2.05) is 0 Å². The molecule has 84 valence electrons. The van der Waals surface area contributed by atoms with Gasteiger partial charge in [0.15, 0.2) is 0 Å². The van der Waals surface area contributed by atoms with Crippen molar-refractivity contribution < 1.29 is 0 Å². The molecule has 0 heterocycles. The molecule has 0 atom stereocenters. The van der Waals surface area contributed by atoms with Crippen molar-refractivity contribution in [2.24, 2.45) is 5.73 Å². The van der Waals surface area contributed by atoms with E-state index < -0.39 is 0 Å². The molecule has 0 fully saturated rings. The molecule has 2 nitrogen and oxygen atoms in total. The second kappa shape index (κ2) is 5.17. The van der Waals surface area contributed by atoms with Gasteiger partial charge in [-0.25, -0.2) is 0 Å². The third-order valence-electron chi connectivity index (χ3n) is 2.84. The van der Waals surface area contributed by atoms with Crippen LogP contribution in [0, 0.1) is 6.92 Å². The Morgan fingerprint density at radius 3 is 2.40 bits per heavy atom. The van der Waals surface area contributed by atoms with Crippen molar-refractivity contribution in [2.75, 3.05) is 11.4 Å². The van der Waals surface area contributed by atoms with Crippen molar-refractivity contribution in [3.63, 3.8) is 0 Å². The lowest BCUT2D eigenvalue weighted by Crippen LogP contribution is -2.30. The van der Waals surface area contributed by atoms with Crippen molar-refractivity contribution in [1.82, 2.24) is 0 Å². The monoisotopic (exact) mass is 206 g/mol. The molecule has 2 N–H and O–H groups in total. The van der Waals surface area contributed by atoms with Crippen LogP contribution >= 0.6 is 0 Å². The first kappa shape index (κ1) is 12.1. The summed E-state index contributed by atoms with van der Waals surface area (Å²) in [6.45, 7) is 10.4. The van der Waals surface area contributed by atoms with Gasteiger partial charge in [0.25, 0.3) is 0 Å². The van der Waals surface area contributed by atoms with Crippen LogP contribution in [-0.2, 0) is 6.54 Å². The van der Waals surface area contributed by atoms with E-state index in [4.69, 9.17) is 5.73 Å². The minimum atomic E-state index is 0.540. The zero-order chi connectivity index (χ0) is 11.4. The Bertz CT molecular complexity index is 318. The Labute approximate surface area is 93.1 Å². The molecule has 1 rings (SSSR count). The maximum Gasteiger partial charge on any atom is 0.0371 e. The molecule has 0 aliphatic heterocycles. The number of benzene rings is 1. The summed E-state index contributed by atoms with van der Waals surface area (Å²) in [7, 11) is 0. The van der Waals surface area contributed by atoms with Gasteiger partial charge in [0.05, 0.1) is 0 Å². The molecule has 0 spiro atoms. The standard InChI is InChI=1S/C13H22N2/c1-5-15(10(2)3)13-7-6-12(9-14)11(4)8-13/h6-8,10H,5,9,14H2,1-4H3. The highest BCUT2D eigenvalue weighted by atomic mass is 15.1. The predicted molar refractivity (Wildman–Crippen MR) is 67.2 cm³/mol. The first-order valence-corrected chi connectivity index (χ1v) is 5.66. The maximum absolute atomic E-state index is 5.66. The minimum Gasteiger partial charge on any atom is -0.369 e. The summed E-state index contributed by atoms with van der Waals surface area (Å²) in [5.41, 5.74) is 9.47. The molecule has 15 heavy (non-hydrogen) atoms. The summed E-state index contributed by atoms with van der Waals surface area (Å²) in [6, 6.07) is 7.07. The zero-order valence-corrected chi connectivity index (χ0v) is 10.2. The van der Waals surface area contributed by atoms with Crippen LogP contribution in [0.5, 0.6) is 0 Å². The third kappa shape index (κ3) is 2.72. The highest BCUT2D eigenvalue weighted by molar-refractivity contribution is 5.51. The van der Waals surface area contributed by atoms with Crippen LogP contribution in [0.1, 0.15) is 31.9 Å². The van der Waals surface area contributed by atoms with Crippen LogP contribution in [0.4, 0.5) is 5.69 Å². The molecule has 1 aromatic rings. The van der Waals surface area contributed by atoms with Crippen LogP contribution in [0.25, 0.3) is 0 Å². The molecule has 2 heteroatoms. The lowest BCUT2D eigenvalue weighted by atomic mass is 10.1. The van der Waals surface area contributed by atoms with Crippen molar-refractivity contribution in [3.05, 3.63) is 29.3 Å². The van der Waals surface area contributed by atoms with E-state index in [1.165, 1.54) is 16.8 Å². The number of hydrogen-bond acceptors (Lipinski definition) is 2. The Hall–Kier alpha value is -1.02. The van der Waals surface area contributed by atoms with E-state index in [9.17, 15) is 0 Å². The smallest absolute Gasteiger partial charge is 0.0371 e. The first-order chi connectivity index (χ1) is 7.10. The SMILES string of the molecule is CCN(c1ccc(CN)c(C)c1)C(C)C. The minimum absolute atomic E-state index is 0.540. The number of aryl methyl sites for hydroxylation is 1. The summed E-state index contributed by atoms with van der Waals surface area (Å²) in [5.74, 6) is 0. The Balaban J connectivity index is 3.00. The van der Waals surface area contributed by atoms with Gasteiger partial charge in [-0.15, -0.1) is 0 Å². The molecule has 0 bridgehead atoms. The van der Waals surface area contributed by atoms with Gasteiger partial charge < -0.3 is 10.6 Å². The average Bonchev–Trinajstić information content (AvgIpc) is 2.18. The van der Waals surface area contributed by atoms with Gasteiger partial charge in [-0.1, -0.05) is 6.07 Å². The fourth-order valence-electron chi connectivity index (χ4n) is 1.93. The van der Waals surface area contributed by atoms with Crippen molar-refractivity contribution in [2.45, 2.75) is 40.3 Å². The summed E-state index contributed by atoms with van der Waals surface area (Å²) in [5, 5.41) is 0. The molecule has 1 aromatic carbocycles. The Kier molecular flexibility index (Phi) is 4.15. The van der Waals surface area contributed by atoms with Crippen LogP contribution < -0.4 is 10.6 Å². The lowest BCUT2D eigenvalue weighted by molar-refractivity contribution is 0.703. The van der Waals surface area contributed by atoms with Crippen molar-refractivity contribution >= 4 is 5.69 Å². The lowest BCUT2D eigenvalue weighted by Gasteiger charge is -2.28. The predicted octanol–water partition coefficient (Wildman–Crippen LogP) is 2.69. The zero-order valence-electron chi connectivity index (χ0n) is 10.2. The molecule has 0 radical (unpaired) electrons. The van der Waals surface area contributed by atoms with E-state index in [-0.39, 0.29) is 0 Å². The quantitative estimate of drug-likeness (QED) is 0.820. The first-order valence-electron chi connectivity index (χ1n) is 5.66. The second-order valence-electron chi connectivity index (χ2n) is 4.19. The summed E-state index contributed by atoms with van der Waals surface area (Å²) in [4.78, 5) is 2.38. The highest BCUT2D eigenvalue weighted by Crippen LogP contribution is 2.20. The number of hydrogen-bond donors (Lipinski definition) is 1. The maximum atomic E-state index is 5.66. The number of nitrogens with zero attached hydrogens (tertiary/aromatic N) is 1. The van der Waals surface area contributed by atoms with Gasteiger partial charge in [0.2, 0.25) is 0 Å². The number of rotatable bonds is 4. The van der Waals surface area contributed by atoms with Crippen LogP contribution in [0.15, 0.2) is 18.2 Å². The molecule has 0 saturated carbocycles. The summed E-state index contributed by atoms with van der Waals surface area (Å²) in [6.07, 6.45) is 0. The van der Waals surface area contributed by atoms with E-state index in [0.29, 0.717) is 12.6 Å². The van der Waals surface area contributed by atoms with Gasteiger partial charge in [-0.2, -0.15) is 0 Å². The molecule has 0 aliphatic carbocycles. The number of nitrogens with two attached hydrogens (primary N) is 1. The molecule has 0 aromatic heterocycles. The largest absolute Gasteiger partial charge is 0.369 e. The molecular formula is C13H22N2. The van der Waals surface area contributed by atoms with Crippen LogP contribution in [0.3, 0.4) is 0 Å². The van der Waals surface area contributed by atoms with E-state index in [0.717, 1.165) is 6.54 Å². The fourth-order valence-corrected chi connectivity index (χ4v) is 1.93. The van der Waals surface area contributed by atoms with Crippen LogP contribution in [0.2, 0.25) is 0 Å². The van der Waals surface area contributed by atoms with E-state index in [2.05, 4.69) is 50.8 Å².